The average molecular weight is 402 g/mol. The van der Waals surface area contributed by atoms with Gasteiger partial charge >= 0.3 is 0 Å². The van der Waals surface area contributed by atoms with E-state index in [9.17, 15) is 4.79 Å². The number of pyridine rings is 1. The highest BCUT2D eigenvalue weighted by Gasteiger charge is 2.47. The first-order chi connectivity index (χ1) is 14.7. The van der Waals surface area contributed by atoms with Gasteiger partial charge in [0.25, 0.3) is 5.91 Å². The standard InChI is InChI=1S/C24H27N5O/c1-2-28-15-16-29-21(19-7-4-3-5-8-19)18-26-23(29)24(28)10-13-27(14-11-24)22(30)20-9-6-12-25-17-20/h3-9,12,17-18H,2,10-11,13-16H2,1H3. The van der Waals surface area contributed by atoms with Crippen LogP contribution in [0.3, 0.4) is 0 Å². The minimum absolute atomic E-state index is 0.0742. The second-order valence-corrected chi connectivity index (χ2v) is 8.13. The number of hydrogen-bond donors (Lipinski definition) is 0. The molecule has 0 N–H and O–H groups in total. The van der Waals surface area contributed by atoms with Crippen LogP contribution < -0.4 is 0 Å². The number of likely N-dealkylation sites (tertiary alicyclic amines) is 1. The van der Waals surface area contributed by atoms with Crippen molar-refractivity contribution in [2.45, 2.75) is 31.8 Å². The molecular weight excluding hydrogens is 374 g/mol. The summed E-state index contributed by atoms with van der Waals surface area (Å²) in [5, 5.41) is 0. The molecule has 1 amide bonds. The lowest BCUT2D eigenvalue weighted by Gasteiger charge is -2.50. The Morgan fingerprint density at radius 2 is 1.80 bits per heavy atom. The lowest BCUT2D eigenvalue weighted by Crippen LogP contribution is -2.58. The third-order valence-corrected chi connectivity index (χ3v) is 6.71. The lowest BCUT2D eigenvalue weighted by atomic mass is 9.83. The molecule has 0 unspecified atom stereocenters. The second-order valence-electron chi connectivity index (χ2n) is 8.13. The minimum Gasteiger partial charge on any atom is -0.338 e. The zero-order valence-corrected chi connectivity index (χ0v) is 17.4. The molecule has 6 heteroatoms. The molecule has 0 radical (unpaired) electrons. The summed E-state index contributed by atoms with van der Waals surface area (Å²) in [6.07, 6.45) is 7.19. The number of imidazole rings is 1. The number of aromatic nitrogens is 3. The minimum atomic E-state index is -0.105. The van der Waals surface area contributed by atoms with Gasteiger partial charge in [-0.1, -0.05) is 37.3 Å². The largest absolute Gasteiger partial charge is 0.338 e. The summed E-state index contributed by atoms with van der Waals surface area (Å²) in [5.74, 6) is 1.23. The number of carbonyl (C=O) groups is 1. The van der Waals surface area contributed by atoms with Gasteiger partial charge in [0.1, 0.15) is 5.82 Å². The van der Waals surface area contributed by atoms with Crippen molar-refractivity contribution in [2.24, 2.45) is 0 Å². The Balaban J connectivity index is 1.44. The Kier molecular flexibility index (Phi) is 4.87. The Labute approximate surface area is 177 Å². The third kappa shape index (κ3) is 3.03. The fourth-order valence-corrected chi connectivity index (χ4v) is 5.14. The van der Waals surface area contributed by atoms with Crippen LogP contribution >= 0.6 is 0 Å². The van der Waals surface area contributed by atoms with Crippen molar-refractivity contribution >= 4 is 5.91 Å². The van der Waals surface area contributed by atoms with Crippen LogP contribution in [0.4, 0.5) is 0 Å². The predicted molar refractivity (Wildman–Crippen MR) is 116 cm³/mol. The smallest absolute Gasteiger partial charge is 0.255 e. The number of fused-ring (bicyclic) bond motifs is 2. The molecule has 2 aliphatic rings. The number of hydrogen-bond acceptors (Lipinski definition) is 4. The van der Waals surface area contributed by atoms with Crippen molar-refractivity contribution in [3.05, 3.63) is 72.4 Å². The summed E-state index contributed by atoms with van der Waals surface area (Å²) in [6, 6.07) is 14.2. The van der Waals surface area contributed by atoms with Crippen LogP contribution in [-0.4, -0.2) is 56.4 Å². The van der Waals surface area contributed by atoms with Crippen LogP contribution in [0.5, 0.6) is 0 Å². The summed E-state index contributed by atoms with van der Waals surface area (Å²) in [7, 11) is 0. The number of amides is 1. The van der Waals surface area contributed by atoms with E-state index in [-0.39, 0.29) is 11.4 Å². The fraction of sp³-hybridized carbons (Fsp3) is 0.375. The van der Waals surface area contributed by atoms with Gasteiger partial charge in [0, 0.05) is 38.6 Å². The van der Waals surface area contributed by atoms with Crippen LogP contribution in [0, 0.1) is 0 Å². The molecule has 2 aliphatic heterocycles. The van der Waals surface area contributed by atoms with E-state index in [0.717, 1.165) is 51.4 Å². The first kappa shape index (κ1) is 19.0. The molecule has 4 heterocycles. The Bertz CT molecular complexity index is 1020. The molecular formula is C24H27N5O. The predicted octanol–water partition coefficient (Wildman–Crippen LogP) is 3.41. The van der Waals surface area contributed by atoms with Gasteiger partial charge in [-0.2, -0.15) is 0 Å². The van der Waals surface area contributed by atoms with Gasteiger partial charge in [-0.05, 0) is 37.1 Å². The molecule has 1 fully saturated rings. The zero-order valence-electron chi connectivity index (χ0n) is 17.4. The molecule has 5 rings (SSSR count). The summed E-state index contributed by atoms with van der Waals surface area (Å²) in [4.78, 5) is 26.5. The topological polar surface area (TPSA) is 54.3 Å². The van der Waals surface area contributed by atoms with Gasteiger partial charge in [0.15, 0.2) is 0 Å². The Hall–Kier alpha value is -2.99. The van der Waals surface area contributed by atoms with E-state index in [0.29, 0.717) is 5.56 Å². The molecule has 30 heavy (non-hydrogen) atoms. The van der Waals surface area contributed by atoms with E-state index < -0.39 is 0 Å². The highest BCUT2D eigenvalue weighted by molar-refractivity contribution is 5.93. The Morgan fingerprint density at radius 1 is 1.00 bits per heavy atom. The maximum Gasteiger partial charge on any atom is 0.255 e. The van der Waals surface area contributed by atoms with Crippen molar-refractivity contribution < 1.29 is 4.79 Å². The van der Waals surface area contributed by atoms with E-state index in [2.05, 4.69) is 45.6 Å². The quantitative estimate of drug-likeness (QED) is 0.675. The highest BCUT2D eigenvalue weighted by Crippen LogP contribution is 2.42. The van der Waals surface area contributed by atoms with Gasteiger partial charge in [0.2, 0.25) is 0 Å². The molecule has 0 atom stereocenters. The van der Waals surface area contributed by atoms with Crippen molar-refractivity contribution in [3.8, 4) is 11.3 Å². The molecule has 2 aromatic heterocycles. The van der Waals surface area contributed by atoms with Crippen LogP contribution in [0.25, 0.3) is 11.3 Å². The zero-order chi connectivity index (χ0) is 20.6. The first-order valence-corrected chi connectivity index (χ1v) is 10.8. The third-order valence-electron chi connectivity index (χ3n) is 6.71. The second kappa shape index (κ2) is 7.69. The number of nitrogens with zero attached hydrogens (tertiary/aromatic N) is 5. The van der Waals surface area contributed by atoms with Crippen molar-refractivity contribution in [2.75, 3.05) is 26.2 Å². The van der Waals surface area contributed by atoms with Gasteiger partial charge in [-0.3, -0.25) is 14.7 Å². The monoisotopic (exact) mass is 401 g/mol. The summed E-state index contributed by atoms with van der Waals surface area (Å²) >= 11 is 0. The van der Waals surface area contributed by atoms with Crippen molar-refractivity contribution in [1.82, 2.24) is 24.3 Å². The van der Waals surface area contributed by atoms with Crippen molar-refractivity contribution in [3.63, 3.8) is 0 Å². The van der Waals surface area contributed by atoms with E-state index in [1.165, 1.54) is 11.3 Å². The summed E-state index contributed by atoms with van der Waals surface area (Å²) in [6.45, 7) is 6.65. The normalized spacial score (nSPS) is 18.4. The number of benzene rings is 1. The number of rotatable bonds is 3. The van der Waals surface area contributed by atoms with E-state index in [1.807, 2.05) is 29.3 Å². The van der Waals surface area contributed by atoms with Gasteiger partial charge in [-0.25, -0.2) is 4.98 Å². The van der Waals surface area contributed by atoms with Crippen molar-refractivity contribution in [1.29, 1.82) is 0 Å². The first-order valence-electron chi connectivity index (χ1n) is 10.8. The Morgan fingerprint density at radius 3 is 2.50 bits per heavy atom. The molecule has 154 valence electrons. The summed E-state index contributed by atoms with van der Waals surface area (Å²) < 4.78 is 2.40. The molecule has 0 saturated carbocycles. The number of carbonyl (C=O) groups excluding carboxylic acids is 1. The van der Waals surface area contributed by atoms with Gasteiger partial charge in [-0.15, -0.1) is 0 Å². The van der Waals surface area contributed by atoms with E-state index in [4.69, 9.17) is 4.98 Å². The molecule has 1 saturated heterocycles. The SMILES string of the molecule is CCN1CCn2c(-c3ccccc3)cnc2C12CCN(C(=O)c1cccnc1)CC2. The van der Waals surface area contributed by atoms with Crippen LogP contribution in [-0.2, 0) is 12.1 Å². The highest BCUT2D eigenvalue weighted by atomic mass is 16.2. The molecule has 0 aliphatic carbocycles. The maximum atomic E-state index is 12.9. The lowest BCUT2D eigenvalue weighted by molar-refractivity contribution is -0.00314. The van der Waals surface area contributed by atoms with Crippen LogP contribution in [0.15, 0.2) is 61.1 Å². The van der Waals surface area contributed by atoms with Crippen LogP contribution in [0.1, 0.15) is 35.9 Å². The van der Waals surface area contributed by atoms with E-state index >= 15 is 0 Å². The maximum absolute atomic E-state index is 12.9. The number of piperidine rings is 1. The number of likely N-dealkylation sites (N-methyl/N-ethyl adjacent to an activating group) is 1. The molecule has 6 nitrogen and oxygen atoms in total. The van der Waals surface area contributed by atoms with E-state index in [1.54, 1.807) is 12.4 Å². The molecule has 0 bridgehead atoms. The average Bonchev–Trinajstić information content (AvgIpc) is 3.26. The molecule has 1 aromatic carbocycles. The van der Waals surface area contributed by atoms with Gasteiger partial charge < -0.3 is 9.47 Å². The molecule has 1 spiro atoms. The van der Waals surface area contributed by atoms with Crippen LogP contribution in [0.2, 0.25) is 0 Å². The fourth-order valence-electron chi connectivity index (χ4n) is 5.14. The molecule has 3 aromatic rings. The van der Waals surface area contributed by atoms with Gasteiger partial charge in [0.05, 0.1) is 23.0 Å². The summed E-state index contributed by atoms with van der Waals surface area (Å²) in [5.41, 5.74) is 2.96.